The number of hydrogen-bond acceptors (Lipinski definition) is 4. The maximum Gasteiger partial charge on any atom is 0.293 e. The molecule has 0 aromatic heterocycles. The van der Waals surface area contributed by atoms with Crippen molar-refractivity contribution in [3.05, 3.63) is 34.2 Å². The van der Waals surface area contributed by atoms with Crippen LogP contribution in [0.15, 0.2) is 23.1 Å². The van der Waals surface area contributed by atoms with E-state index in [4.69, 9.17) is 0 Å². The standard InChI is InChI=1S/C21H28N2O2S/c1-7-22-17-9-8-15(10-16(17)14(4)12-21(22,5)6)11-18-19(24)23(13(2)3)20(25)26-18/h8-11,13-14H,7,12H2,1-6H3/b18-11-. The molecule has 2 heterocycles. The Labute approximate surface area is 160 Å². The van der Waals surface area contributed by atoms with E-state index in [-0.39, 0.29) is 22.7 Å². The molecule has 0 aliphatic carbocycles. The minimum Gasteiger partial charge on any atom is -0.366 e. The molecule has 0 spiro atoms. The van der Waals surface area contributed by atoms with Gasteiger partial charge < -0.3 is 4.90 Å². The van der Waals surface area contributed by atoms with Crippen molar-refractivity contribution < 1.29 is 9.59 Å². The third-order valence-electron chi connectivity index (χ3n) is 5.36. The van der Waals surface area contributed by atoms with E-state index >= 15 is 0 Å². The molecular weight excluding hydrogens is 344 g/mol. The molecule has 1 fully saturated rings. The highest BCUT2D eigenvalue weighted by Gasteiger charge is 2.37. The lowest BCUT2D eigenvalue weighted by Gasteiger charge is -2.47. The number of anilines is 1. The summed E-state index contributed by atoms with van der Waals surface area (Å²) in [6.07, 6.45) is 2.96. The van der Waals surface area contributed by atoms with Gasteiger partial charge in [-0.1, -0.05) is 13.0 Å². The molecule has 3 rings (SSSR count). The SMILES string of the molecule is CCN1c2ccc(/C=C3\SC(=O)N(C(C)C)C3=O)cc2C(C)CC1(C)C. The Bertz CT molecular complexity index is 782. The molecule has 2 aliphatic rings. The van der Waals surface area contributed by atoms with Crippen molar-refractivity contribution in [2.75, 3.05) is 11.4 Å². The second-order valence-corrected chi connectivity index (χ2v) is 9.12. The van der Waals surface area contributed by atoms with Crippen molar-refractivity contribution in [3.8, 4) is 0 Å². The molecule has 26 heavy (non-hydrogen) atoms. The highest BCUT2D eigenvalue weighted by Crippen LogP contribution is 2.44. The molecule has 1 aromatic rings. The zero-order valence-corrected chi connectivity index (χ0v) is 17.3. The molecule has 2 aliphatic heterocycles. The predicted molar refractivity (Wildman–Crippen MR) is 110 cm³/mol. The quantitative estimate of drug-likeness (QED) is 0.680. The van der Waals surface area contributed by atoms with Crippen LogP contribution in [0.2, 0.25) is 0 Å². The van der Waals surface area contributed by atoms with Gasteiger partial charge in [0.15, 0.2) is 0 Å². The lowest BCUT2D eigenvalue weighted by molar-refractivity contribution is -0.123. The summed E-state index contributed by atoms with van der Waals surface area (Å²) in [6.45, 7) is 13.8. The van der Waals surface area contributed by atoms with E-state index in [9.17, 15) is 9.59 Å². The second kappa shape index (κ2) is 6.76. The first-order valence-electron chi connectivity index (χ1n) is 9.34. The number of hydrogen-bond donors (Lipinski definition) is 0. The minimum absolute atomic E-state index is 0.114. The van der Waals surface area contributed by atoms with Crippen molar-refractivity contribution in [1.82, 2.24) is 4.90 Å². The molecule has 4 nitrogen and oxygen atoms in total. The summed E-state index contributed by atoms with van der Waals surface area (Å²) < 4.78 is 0. The number of thioether (sulfide) groups is 1. The number of benzene rings is 1. The highest BCUT2D eigenvalue weighted by atomic mass is 32.2. The van der Waals surface area contributed by atoms with Crippen LogP contribution in [-0.2, 0) is 4.79 Å². The van der Waals surface area contributed by atoms with Gasteiger partial charge in [0.2, 0.25) is 0 Å². The molecular formula is C21H28N2O2S. The van der Waals surface area contributed by atoms with Crippen molar-refractivity contribution >= 4 is 34.7 Å². The summed E-state index contributed by atoms with van der Waals surface area (Å²) in [4.78, 5) is 28.9. The van der Waals surface area contributed by atoms with Crippen molar-refractivity contribution in [2.24, 2.45) is 0 Å². The summed E-state index contributed by atoms with van der Waals surface area (Å²) >= 11 is 1.04. The molecule has 0 bridgehead atoms. The Balaban J connectivity index is 1.97. The normalized spacial score (nSPS) is 24.0. The molecule has 140 valence electrons. The Morgan fingerprint density at radius 1 is 1.31 bits per heavy atom. The number of nitrogens with zero attached hydrogens (tertiary/aromatic N) is 2. The second-order valence-electron chi connectivity index (χ2n) is 8.13. The number of fused-ring (bicyclic) bond motifs is 1. The van der Waals surface area contributed by atoms with Crippen LogP contribution in [-0.4, -0.2) is 34.2 Å². The molecule has 1 unspecified atom stereocenters. The van der Waals surface area contributed by atoms with Gasteiger partial charge in [0, 0.05) is 23.8 Å². The zero-order valence-electron chi connectivity index (χ0n) is 16.5. The first-order chi connectivity index (χ1) is 12.2. The van der Waals surface area contributed by atoms with E-state index in [1.54, 1.807) is 0 Å². The average Bonchev–Trinajstić information content (AvgIpc) is 2.81. The Kier molecular flexibility index (Phi) is 4.95. The number of amides is 2. The van der Waals surface area contributed by atoms with E-state index < -0.39 is 0 Å². The fraction of sp³-hybridized carbons (Fsp3) is 0.524. The Morgan fingerprint density at radius 3 is 2.58 bits per heavy atom. The van der Waals surface area contributed by atoms with Gasteiger partial charge in [-0.2, -0.15) is 0 Å². The van der Waals surface area contributed by atoms with Crippen molar-refractivity contribution in [2.45, 2.75) is 65.5 Å². The summed E-state index contributed by atoms with van der Waals surface area (Å²) in [7, 11) is 0. The Hall–Kier alpha value is -1.75. The highest BCUT2D eigenvalue weighted by molar-refractivity contribution is 8.18. The van der Waals surface area contributed by atoms with E-state index in [2.05, 4.69) is 50.8 Å². The van der Waals surface area contributed by atoms with Crippen LogP contribution < -0.4 is 4.90 Å². The minimum atomic E-state index is -0.183. The van der Waals surface area contributed by atoms with Gasteiger partial charge in [-0.05, 0) is 88.1 Å². The molecule has 1 atom stereocenters. The first kappa shape index (κ1) is 19.0. The third kappa shape index (κ3) is 3.18. The lowest BCUT2D eigenvalue weighted by Crippen LogP contribution is -2.48. The summed E-state index contributed by atoms with van der Waals surface area (Å²) in [5, 5.41) is -0.179. The maximum absolute atomic E-state index is 12.5. The van der Waals surface area contributed by atoms with Gasteiger partial charge in [-0.15, -0.1) is 0 Å². The summed E-state index contributed by atoms with van der Waals surface area (Å²) in [5.41, 5.74) is 3.73. The number of rotatable bonds is 3. The fourth-order valence-corrected chi connectivity index (χ4v) is 5.23. The van der Waals surface area contributed by atoms with Gasteiger partial charge in [-0.25, -0.2) is 0 Å². The topological polar surface area (TPSA) is 40.6 Å². The average molecular weight is 373 g/mol. The van der Waals surface area contributed by atoms with E-state index in [1.807, 2.05) is 19.9 Å². The third-order valence-corrected chi connectivity index (χ3v) is 6.25. The number of carbonyl (C=O) groups excluding carboxylic acids is 2. The molecule has 0 N–H and O–H groups in total. The lowest BCUT2D eigenvalue weighted by atomic mass is 9.79. The summed E-state index contributed by atoms with van der Waals surface area (Å²) in [5.74, 6) is 0.277. The first-order valence-corrected chi connectivity index (χ1v) is 10.2. The van der Waals surface area contributed by atoms with Gasteiger partial charge in [0.25, 0.3) is 11.1 Å². The molecule has 0 radical (unpaired) electrons. The molecule has 1 aromatic carbocycles. The van der Waals surface area contributed by atoms with Gasteiger partial charge in [0.1, 0.15) is 0 Å². The van der Waals surface area contributed by atoms with Crippen LogP contribution in [0.25, 0.3) is 6.08 Å². The predicted octanol–water partition coefficient (Wildman–Crippen LogP) is 5.24. The Morgan fingerprint density at radius 2 is 2.00 bits per heavy atom. The van der Waals surface area contributed by atoms with Crippen LogP contribution in [0.4, 0.5) is 10.5 Å². The van der Waals surface area contributed by atoms with Crippen LogP contribution in [0.3, 0.4) is 0 Å². The van der Waals surface area contributed by atoms with Gasteiger partial charge in [-0.3, -0.25) is 14.5 Å². The fourth-order valence-electron chi connectivity index (χ4n) is 4.27. The van der Waals surface area contributed by atoms with E-state index in [0.717, 1.165) is 30.3 Å². The van der Waals surface area contributed by atoms with Crippen molar-refractivity contribution in [1.29, 1.82) is 0 Å². The van der Waals surface area contributed by atoms with Crippen molar-refractivity contribution in [3.63, 3.8) is 0 Å². The van der Waals surface area contributed by atoms with Crippen LogP contribution >= 0.6 is 11.8 Å². The number of imide groups is 1. The summed E-state index contributed by atoms with van der Waals surface area (Å²) in [6, 6.07) is 6.28. The van der Waals surface area contributed by atoms with Crippen LogP contribution in [0.5, 0.6) is 0 Å². The van der Waals surface area contributed by atoms with Gasteiger partial charge in [0.05, 0.1) is 4.91 Å². The van der Waals surface area contributed by atoms with Crippen LogP contribution in [0, 0.1) is 0 Å². The maximum atomic E-state index is 12.5. The molecule has 1 saturated heterocycles. The monoisotopic (exact) mass is 372 g/mol. The van der Waals surface area contributed by atoms with E-state index in [0.29, 0.717) is 10.8 Å². The van der Waals surface area contributed by atoms with Gasteiger partial charge >= 0.3 is 0 Å². The molecule has 2 amide bonds. The molecule has 0 saturated carbocycles. The van der Waals surface area contributed by atoms with Crippen LogP contribution in [0.1, 0.15) is 65.0 Å². The number of carbonyl (C=O) groups is 2. The smallest absolute Gasteiger partial charge is 0.293 e. The molecule has 5 heteroatoms. The zero-order chi connectivity index (χ0) is 19.2. The largest absolute Gasteiger partial charge is 0.366 e. The van der Waals surface area contributed by atoms with E-state index in [1.165, 1.54) is 16.2 Å².